The molecule has 0 atom stereocenters. The van der Waals surface area contributed by atoms with Crippen molar-refractivity contribution < 1.29 is 17.9 Å². The number of sulfonamides is 1. The lowest BCUT2D eigenvalue weighted by molar-refractivity contribution is 0.199. The van der Waals surface area contributed by atoms with E-state index in [2.05, 4.69) is 26.0 Å². The third-order valence-electron chi connectivity index (χ3n) is 2.59. The van der Waals surface area contributed by atoms with Gasteiger partial charge in [0, 0.05) is 26.7 Å². The molecule has 0 aromatic heterocycles. The van der Waals surface area contributed by atoms with Gasteiger partial charge >= 0.3 is 0 Å². The van der Waals surface area contributed by atoms with Gasteiger partial charge < -0.3 is 14.8 Å². The van der Waals surface area contributed by atoms with Crippen LogP contribution in [0, 0.1) is 0 Å². The predicted molar refractivity (Wildman–Crippen MR) is 92.5 cm³/mol. The van der Waals surface area contributed by atoms with Crippen LogP contribution in [0.25, 0.3) is 0 Å². The Balaban J connectivity index is 0.00000441. The van der Waals surface area contributed by atoms with Gasteiger partial charge in [0.1, 0.15) is 5.75 Å². The second-order valence-corrected chi connectivity index (χ2v) is 6.79. The molecule has 0 unspecified atom stereocenters. The third-order valence-corrected chi connectivity index (χ3v) is 4.67. The zero-order valence-electron chi connectivity index (χ0n) is 12.6. The SMILES string of the molecule is CCOc1ccc(S(=O)(=O)NCCNCCOC)cc1Br.Cl. The molecule has 0 heterocycles. The van der Waals surface area contributed by atoms with Gasteiger partial charge in [-0.3, -0.25) is 0 Å². The van der Waals surface area contributed by atoms with Crippen LogP contribution in [0.15, 0.2) is 27.6 Å². The number of nitrogens with one attached hydrogen (secondary N) is 2. The summed E-state index contributed by atoms with van der Waals surface area (Å²) in [5.74, 6) is 0.623. The summed E-state index contributed by atoms with van der Waals surface area (Å²) in [5.41, 5.74) is 0. The Kier molecular flexibility index (Phi) is 11.0. The molecule has 0 aliphatic rings. The molecule has 2 N–H and O–H groups in total. The number of benzene rings is 1. The van der Waals surface area contributed by atoms with E-state index in [1.807, 2.05) is 6.92 Å². The highest BCUT2D eigenvalue weighted by Crippen LogP contribution is 2.27. The minimum Gasteiger partial charge on any atom is -0.493 e. The largest absolute Gasteiger partial charge is 0.493 e. The normalized spacial score (nSPS) is 11.0. The summed E-state index contributed by atoms with van der Waals surface area (Å²) in [6.45, 7) is 4.54. The Labute approximate surface area is 146 Å². The fourth-order valence-corrected chi connectivity index (χ4v) is 3.28. The van der Waals surface area contributed by atoms with Gasteiger partial charge in [0.25, 0.3) is 0 Å². The molecule has 1 aromatic carbocycles. The topological polar surface area (TPSA) is 76.7 Å². The maximum atomic E-state index is 12.1. The minimum atomic E-state index is -3.51. The quantitative estimate of drug-likeness (QED) is 0.568. The van der Waals surface area contributed by atoms with Crippen molar-refractivity contribution in [2.24, 2.45) is 0 Å². The lowest BCUT2D eigenvalue weighted by atomic mass is 10.3. The van der Waals surface area contributed by atoms with E-state index in [1.165, 1.54) is 12.1 Å². The molecular formula is C13H22BrClN2O4S. The summed E-state index contributed by atoms with van der Waals surface area (Å²) < 4.78 is 37.6. The van der Waals surface area contributed by atoms with E-state index in [4.69, 9.17) is 9.47 Å². The standard InChI is InChI=1S/C13H21BrN2O4S.ClH/c1-3-20-13-5-4-11(10-12(13)14)21(17,18)16-7-6-15-8-9-19-2;/h4-5,10,15-16H,3,6-9H2,1-2H3;1H. The first kappa shape index (κ1) is 21.6. The fraction of sp³-hybridized carbons (Fsp3) is 0.538. The third kappa shape index (κ3) is 7.26. The van der Waals surface area contributed by atoms with Crippen molar-refractivity contribution in [1.82, 2.24) is 10.0 Å². The Morgan fingerprint density at radius 1 is 1.23 bits per heavy atom. The lowest BCUT2D eigenvalue weighted by Crippen LogP contribution is -2.33. The van der Waals surface area contributed by atoms with Crippen LogP contribution in [0.1, 0.15) is 6.92 Å². The van der Waals surface area contributed by atoms with Gasteiger partial charge in [-0.15, -0.1) is 12.4 Å². The molecular weight excluding hydrogens is 396 g/mol. The average molecular weight is 418 g/mol. The molecule has 9 heteroatoms. The van der Waals surface area contributed by atoms with E-state index >= 15 is 0 Å². The van der Waals surface area contributed by atoms with Crippen molar-refractivity contribution in [2.45, 2.75) is 11.8 Å². The van der Waals surface area contributed by atoms with E-state index in [0.717, 1.165) is 0 Å². The van der Waals surface area contributed by atoms with Gasteiger partial charge in [-0.2, -0.15) is 0 Å². The smallest absolute Gasteiger partial charge is 0.240 e. The van der Waals surface area contributed by atoms with Gasteiger partial charge in [0.15, 0.2) is 0 Å². The van der Waals surface area contributed by atoms with Crippen LogP contribution in [0.5, 0.6) is 5.75 Å². The van der Waals surface area contributed by atoms with Gasteiger partial charge in [0.05, 0.1) is 22.6 Å². The van der Waals surface area contributed by atoms with Crippen LogP contribution in [-0.4, -0.2) is 48.4 Å². The van der Waals surface area contributed by atoms with Crippen molar-refractivity contribution in [3.63, 3.8) is 0 Å². The minimum absolute atomic E-state index is 0. The number of hydrogen-bond acceptors (Lipinski definition) is 5. The summed E-state index contributed by atoms with van der Waals surface area (Å²) in [4.78, 5) is 0.203. The first-order valence-corrected chi connectivity index (χ1v) is 8.90. The van der Waals surface area contributed by atoms with Crippen molar-refractivity contribution >= 4 is 38.4 Å². The molecule has 0 aliphatic carbocycles. The van der Waals surface area contributed by atoms with E-state index in [9.17, 15) is 8.42 Å². The zero-order valence-corrected chi connectivity index (χ0v) is 15.8. The molecule has 0 aliphatic heterocycles. The van der Waals surface area contributed by atoms with Crippen molar-refractivity contribution in [1.29, 1.82) is 0 Å². The summed E-state index contributed by atoms with van der Waals surface area (Å²) in [7, 11) is -1.89. The molecule has 1 aromatic rings. The highest BCUT2D eigenvalue weighted by Gasteiger charge is 2.15. The van der Waals surface area contributed by atoms with E-state index in [0.29, 0.717) is 43.1 Å². The zero-order chi connectivity index (χ0) is 15.7. The summed E-state index contributed by atoms with van der Waals surface area (Å²) in [6.07, 6.45) is 0. The Hall–Kier alpha value is -0.380. The molecule has 0 spiro atoms. The fourth-order valence-electron chi connectivity index (χ4n) is 1.58. The average Bonchev–Trinajstić information content (AvgIpc) is 2.45. The van der Waals surface area contributed by atoms with Crippen LogP contribution >= 0.6 is 28.3 Å². The predicted octanol–water partition coefficient (Wildman–Crippen LogP) is 1.78. The van der Waals surface area contributed by atoms with Crippen LogP contribution in [0.3, 0.4) is 0 Å². The monoisotopic (exact) mass is 416 g/mol. The van der Waals surface area contributed by atoms with E-state index < -0.39 is 10.0 Å². The second kappa shape index (κ2) is 11.2. The van der Waals surface area contributed by atoms with Gasteiger partial charge in [-0.05, 0) is 41.1 Å². The van der Waals surface area contributed by atoms with Crippen LogP contribution in [-0.2, 0) is 14.8 Å². The highest BCUT2D eigenvalue weighted by molar-refractivity contribution is 9.10. The molecule has 6 nitrogen and oxygen atoms in total. The van der Waals surface area contributed by atoms with E-state index in [-0.39, 0.29) is 17.3 Å². The molecule has 0 bridgehead atoms. The number of ether oxygens (including phenoxy) is 2. The molecule has 1 rings (SSSR count). The van der Waals surface area contributed by atoms with Crippen molar-refractivity contribution in [2.75, 3.05) is 40.0 Å². The van der Waals surface area contributed by atoms with Crippen molar-refractivity contribution in [3.8, 4) is 5.75 Å². The maximum absolute atomic E-state index is 12.1. The summed E-state index contributed by atoms with van der Waals surface area (Å²) in [5, 5.41) is 3.07. The Morgan fingerprint density at radius 3 is 2.55 bits per heavy atom. The maximum Gasteiger partial charge on any atom is 0.240 e. The van der Waals surface area contributed by atoms with Gasteiger partial charge in [-0.1, -0.05) is 0 Å². The molecule has 0 fully saturated rings. The number of hydrogen-bond donors (Lipinski definition) is 2. The molecule has 0 amide bonds. The van der Waals surface area contributed by atoms with Gasteiger partial charge in [0.2, 0.25) is 10.0 Å². The molecule has 22 heavy (non-hydrogen) atoms. The number of rotatable bonds is 10. The van der Waals surface area contributed by atoms with Gasteiger partial charge in [-0.25, -0.2) is 13.1 Å². The number of methoxy groups -OCH3 is 1. The summed E-state index contributed by atoms with van der Waals surface area (Å²) >= 11 is 3.31. The highest BCUT2D eigenvalue weighted by atomic mass is 79.9. The Morgan fingerprint density at radius 2 is 1.95 bits per heavy atom. The number of halogens is 2. The lowest BCUT2D eigenvalue weighted by Gasteiger charge is -2.10. The molecule has 128 valence electrons. The van der Waals surface area contributed by atoms with Crippen LogP contribution in [0.2, 0.25) is 0 Å². The first-order chi connectivity index (χ1) is 10.0. The second-order valence-electron chi connectivity index (χ2n) is 4.17. The molecule has 0 radical (unpaired) electrons. The van der Waals surface area contributed by atoms with E-state index in [1.54, 1.807) is 13.2 Å². The Bertz CT molecular complexity index is 543. The molecule has 0 saturated heterocycles. The van der Waals surface area contributed by atoms with Crippen molar-refractivity contribution in [3.05, 3.63) is 22.7 Å². The van der Waals surface area contributed by atoms with Crippen LogP contribution in [0.4, 0.5) is 0 Å². The summed E-state index contributed by atoms with van der Waals surface area (Å²) in [6, 6.07) is 4.70. The molecule has 0 saturated carbocycles. The van der Waals surface area contributed by atoms with Crippen LogP contribution < -0.4 is 14.8 Å². The first-order valence-electron chi connectivity index (χ1n) is 6.63.